The first-order valence-corrected chi connectivity index (χ1v) is 7.98. The van der Waals surface area contributed by atoms with Gasteiger partial charge >= 0.3 is 5.97 Å². The molecule has 0 aromatic carbocycles. The van der Waals surface area contributed by atoms with Crippen LogP contribution in [0.2, 0.25) is 0 Å². The second-order valence-electron chi connectivity index (χ2n) is 5.86. The molecule has 2 aromatic heterocycles. The maximum Gasteiger partial charge on any atom is 0.322 e. The maximum atomic E-state index is 12.0. The fourth-order valence-corrected chi connectivity index (χ4v) is 2.43. The SMILES string of the molecule is Cc1cccc(CN(CC(=O)NCC(=O)O)Cc2cccc(C)n2)n1. The summed E-state index contributed by atoms with van der Waals surface area (Å²) in [7, 11) is 0. The number of amides is 1. The first-order chi connectivity index (χ1) is 11.9. The van der Waals surface area contributed by atoms with Gasteiger partial charge in [0.2, 0.25) is 5.91 Å². The van der Waals surface area contributed by atoms with Crippen molar-refractivity contribution in [2.75, 3.05) is 13.1 Å². The molecular weight excluding hydrogens is 320 g/mol. The Morgan fingerprint density at radius 2 is 1.52 bits per heavy atom. The van der Waals surface area contributed by atoms with Gasteiger partial charge in [0.05, 0.1) is 17.9 Å². The summed E-state index contributed by atoms with van der Waals surface area (Å²) in [5.74, 6) is -1.41. The summed E-state index contributed by atoms with van der Waals surface area (Å²) in [4.78, 5) is 33.4. The van der Waals surface area contributed by atoms with Gasteiger partial charge in [-0.25, -0.2) is 0 Å². The summed E-state index contributed by atoms with van der Waals surface area (Å²) in [5.41, 5.74) is 3.50. The molecule has 132 valence electrons. The highest BCUT2D eigenvalue weighted by Crippen LogP contribution is 2.08. The third kappa shape index (κ3) is 6.68. The molecule has 0 aliphatic heterocycles. The Morgan fingerprint density at radius 3 is 1.96 bits per heavy atom. The Labute approximate surface area is 146 Å². The van der Waals surface area contributed by atoms with Gasteiger partial charge in [-0.3, -0.25) is 24.5 Å². The van der Waals surface area contributed by atoms with E-state index in [0.717, 1.165) is 22.8 Å². The van der Waals surface area contributed by atoms with Crippen LogP contribution in [0.25, 0.3) is 0 Å². The summed E-state index contributed by atoms with van der Waals surface area (Å²) in [5, 5.41) is 11.1. The molecular formula is C18H22N4O3. The number of pyridine rings is 2. The maximum absolute atomic E-state index is 12.0. The minimum atomic E-state index is -1.07. The fraction of sp³-hybridized carbons (Fsp3) is 0.333. The number of rotatable bonds is 8. The molecule has 0 fully saturated rings. The number of carboxylic acids is 1. The molecule has 0 atom stereocenters. The van der Waals surface area contributed by atoms with Crippen LogP contribution in [0, 0.1) is 13.8 Å². The van der Waals surface area contributed by atoms with Crippen molar-refractivity contribution in [1.29, 1.82) is 0 Å². The number of hydrogen-bond donors (Lipinski definition) is 2. The Bertz CT molecular complexity index is 701. The molecule has 0 radical (unpaired) electrons. The molecule has 2 N–H and O–H groups in total. The summed E-state index contributed by atoms with van der Waals surface area (Å²) < 4.78 is 0. The third-order valence-corrected chi connectivity index (χ3v) is 3.47. The van der Waals surface area contributed by atoms with E-state index in [1.807, 2.05) is 55.1 Å². The van der Waals surface area contributed by atoms with Gasteiger partial charge in [0.1, 0.15) is 6.54 Å². The monoisotopic (exact) mass is 342 g/mol. The molecule has 0 spiro atoms. The first kappa shape index (κ1) is 18.5. The number of hydrogen-bond acceptors (Lipinski definition) is 5. The molecule has 2 aromatic rings. The highest BCUT2D eigenvalue weighted by atomic mass is 16.4. The Morgan fingerprint density at radius 1 is 1.00 bits per heavy atom. The van der Waals surface area contributed by atoms with Crippen LogP contribution in [-0.4, -0.2) is 44.9 Å². The van der Waals surface area contributed by atoms with Crippen molar-refractivity contribution in [2.45, 2.75) is 26.9 Å². The Balaban J connectivity index is 2.09. The number of aliphatic carboxylic acids is 1. The number of carbonyl (C=O) groups is 2. The van der Waals surface area contributed by atoms with Gasteiger partial charge in [0.25, 0.3) is 0 Å². The number of nitrogens with one attached hydrogen (secondary N) is 1. The van der Waals surface area contributed by atoms with Crippen LogP contribution in [0.3, 0.4) is 0 Å². The highest BCUT2D eigenvalue weighted by Gasteiger charge is 2.14. The lowest BCUT2D eigenvalue weighted by Crippen LogP contribution is -2.39. The van der Waals surface area contributed by atoms with Crippen molar-refractivity contribution in [2.24, 2.45) is 0 Å². The second-order valence-corrected chi connectivity index (χ2v) is 5.86. The molecule has 7 nitrogen and oxygen atoms in total. The summed E-state index contributed by atoms with van der Waals surface area (Å²) in [6.07, 6.45) is 0. The minimum Gasteiger partial charge on any atom is -0.480 e. The minimum absolute atomic E-state index is 0.0680. The Hall–Kier alpha value is -2.80. The lowest BCUT2D eigenvalue weighted by atomic mass is 10.2. The van der Waals surface area contributed by atoms with Gasteiger partial charge < -0.3 is 10.4 Å². The normalized spacial score (nSPS) is 10.7. The van der Waals surface area contributed by atoms with E-state index in [-0.39, 0.29) is 12.5 Å². The lowest BCUT2D eigenvalue weighted by molar-refractivity contribution is -0.138. The van der Waals surface area contributed by atoms with Gasteiger partial charge in [-0.05, 0) is 38.1 Å². The van der Waals surface area contributed by atoms with Crippen LogP contribution < -0.4 is 5.32 Å². The quantitative estimate of drug-likeness (QED) is 0.751. The molecule has 0 bridgehead atoms. The van der Waals surface area contributed by atoms with Crippen molar-refractivity contribution in [3.8, 4) is 0 Å². The molecule has 0 aliphatic rings. The van der Waals surface area contributed by atoms with Gasteiger partial charge in [0.15, 0.2) is 0 Å². The molecule has 0 saturated carbocycles. The van der Waals surface area contributed by atoms with Crippen molar-refractivity contribution in [1.82, 2.24) is 20.2 Å². The van der Waals surface area contributed by atoms with Gasteiger partial charge in [-0.2, -0.15) is 0 Å². The zero-order valence-electron chi connectivity index (χ0n) is 14.4. The standard InChI is InChI=1S/C18H22N4O3/c1-13-5-3-7-15(20-13)10-22(12-17(23)19-9-18(24)25)11-16-8-4-6-14(2)21-16/h3-8H,9-12H2,1-2H3,(H,19,23)(H,24,25). The highest BCUT2D eigenvalue weighted by molar-refractivity contribution is 5.82. The van der Waals surface area contributed by atoms with E-state index in [4.69, 9.17) is 5.11 Å². The summed E-state index contributed by atoms with van der Waals surface area (Å²) in [6, 6.07) is 11.5. The second kappa shape index (κ2) is 8.89. The van der Waals surface area contributed by atoms with E-state index in [9.17, 15) is 9.59 Å². The largest absolute Gasteiger partial charge is 0.480 e. The molecule has 7 heteroatoms. The number of carboxylic acid groups (broad SMARTS) is 1. The number of aromatic nitrogens is 2. The first-order valence-electron chi connectivity index (χ1n) is 7.98. The van der Waals surface area contributed by atoms with E-state index in [1.54, 1.807) is 0 Å². The lowest BCUT2D eigenvalue weighted by Gasteiger charge is -2.21. The van der Waals surface area contributed by atoms with Gasteiger partial charge in [-0.1, -0.05) is 12.1 Å². The summed E-state index contributed by atoms with van der Waals surface area (Å²) >= 11 is 0. The van der Waals surface area contributed by atoms with Crippen LogP contribution >= 0.6 is 0 Å². The molecule has 0 unspecified atom stereocenters. The smallest absolute Gasteiger partial charge is 0.322 e. The predicted molar refractivity (Wildman–Crippen MR) is 92.7 cm³/mol. The molecule has 0 aliphatic carbocycles. The van der Waals surface area contributed by atoms with Crippen LogP contribution in [0.1, 0.15) is 22.8 Å². The van der Waals surface area contributed by atoms with E-state index >= 15 is 0 Å². The molecule has 2 heterocycles. The van der Waals surface area contributed by atoms with Crippen LogP contribution in [-0.2, 0) is 22.7 Å². The van der Waals surface area contributed by atoms with Gasteiger partial charge in [-0.15, -0.1) is 0 Å². The van der Waals surface area contributed by atoms with E-state index < -0.39 is 12.5 Å². The number of nitrogens with zero attached hydrogens (tertiary/aromatic N) is 3. The number of aryl methyl sites for hydroxylation is 2. The number of carbonyl (C=O) groups excluding carboxylic acids is 1. The van der Waals surface area contributed by atoms with E-state index in [2.05, 4.69) is 15.3 Å². The zero-order valence-corrected chi connectivity index (χ0v) is 14.4. The van der Waals surface area contributed by atoms with Crippen molar-refractivity contribution < 1.29 is 14.7 Å². The van der Waals surface area contributed by atoms with Crippen molar-refractivity contribution >= 4 is 11.9 Å². The molecule has 2 rings (SSSR count). The molecule has 0 saturated heterocycles. The third-order valence-electron chi connectivity index (χ3n) is 3.47. The fourth-order valence-electron chi connectivity index (χ4n) is 2.43. The predicted octanol–water partition coefficient (Wildman–Crippen LogP) is 1.30. The van der Waals surface area contributed by atoms with Crippen molar-refractivity contribution in [3.05, 3.63) is 59.2 Å². The zero-order chi connectivity index (χ0) is 18.2. The van der Waals surface area contributed by atoms with Crippen molar-refractivity contribution in [3.63, 3.8) is 0 Å². The summed E-state index contributed by atoms with van der Waals surface area (Å²) in [6.45, 7) is 4.44. The average Bonchev–Trinajstić information content (AvgIpc) is 2.53. The van der Waals surface area contributed by atoms with E-state index in [1.165, 1.54) is 0 Å². The van der Waals surface area contributed by atoms with Crippen LogP contribution in [0.15, 0.2) is 36.4 Å². The van der Waals surface area contributed by atoms with Gasteiger partial charge in [0, 0.05) is 24.5 Å². The Kier molecular flexibility index (Phi) is 6.59. The van der Waals surface area contributed by atoms with Crippen LogP contribution in [0.4, 0.5) is 0 Å². The average molecular weight is 342 g/mol. The van der Waals surface area contributed by atoms with Crippen LogP contribution in [0.5, 0.6) is 0 Å². The van der Waals surface area contributed by atoms with E-state index in [0.29, 0.717) is 13.1 Å². The topological polar surface area (TPSA) is 95.4 Å². The molecule has 1 amide bonds. The molecule has 25 heavy (non-hydrogen) atoms.